The van der Waals surface area contributed by atoms with E-state index in [9.17, 15) is 4.79 Å². The molecular formula is C15H15NO. The second kappa shape index (κ2) is 4.83. The van der Waals surface area contributed by atoms with Gasteiger partial charge < -0.3 is 4.57 Å². The number of allylic oxidation sites excluding steroid dienone is 2. The molecule has 0 spiro atoms. The molecule has 1 heterocycles. The number of para-hydroxylation sites is 1. The van der Waals surface area contributed by atoms with Crippen molar-refractivity contribution in [2.75, 3.05) is 0 Å². The zero-order valence-corrected chi connectivity index (χ0v) is 9.89. The Morgan fingerprint density at radius 1 is 1.41 bits per heavy atom. The van der Waals surface area contributed by atoms with Crippen LogP contribution in [-0.2, 0) is 11.3 Å². The molecule has 0 saturated carbocycles. The molecule has 2 nitrogen and oxygen atoms in total. The lowest BCUT2D eigenvalue weighted by molar-refractivity contribution is -0.112. The van der Waals surface area contributed by atoms with E-state index >= 15 is 0 Å². The van der Waals surface area contributed by atoms with Gasteiger partial charge in [0.25, 0.3) is 0 Å². The molecule has 0 saturated heterocycles. The van der Waals surface area contributed by atoms with Crippen molar-refractivity contribution in [1.29, 1.82) is 0 Å². The Bertz CT molecular complexity index is 590. The van der Waals surface area contributed by atoms with Crippen LogP contribution in [0.2, 0.25) is 0 Å². The van der Waals surface area contributed by atoms with E-state index < -0.39 is 0 Å². The van der Waals surface area contributed by atoms with Crippen molar-refractivity contribution in [3.05, 3.63) is 54.8 Å². The quantitative estimate of drug-likeness (QED) is 0.577. The molecule has 0 N–H and O–H groups in total. The van der Waals surface area contributed by atoms with Crippen molar-refractivity contribution >= 4 is 22.8 Å². The topological polar surface area (TPSA) is 22.0 Å². The van der Waals surface area contributed by atoms with E-state index in [2.05, 4.69) is 29.3 Å². The van der Waals surface area contributed by atoms with E-state index in [1.807, 2.05) is 24.3 Å². The Morgan fingerprint density at radius 3 is 2.88 bits per heavy atom. The van der Waals surface area contributed by atoms with E-state index in [1.165, 1.54) is 5.39 Å². The first-order valence-electron chi connectivity index (χ1n) is 5.60. The van der Waals surface area contributed by atoms with Crippen molar-refractivity contribution in [2.24, 2.45) is 0 Å². The lowest BCUT2D eigenvalue weighted by Crippen LogP contribution is -1.97. The second-order valence-electron chi connectivity index (χ2n) is 3.97. The van der Waals surface area contributed by atoms with E-state index in [0.717, 1.165) is 17.8 Å². The molecule has 0 aliphatic carbocycles. The number of carbonyl (C=O) groups excluding carboxylic acids is 1. The van der Waals surface area contributed by atoms with Gasteiger partial charge in [-0.15, -0.1) is 6.58 Å². The average Bonchev–Trinajstić information content (AvgIpc) is 2.66. The van der Waals surface area contributed by atoms with Crippen molar-refractivity contribution < 1.29 is 4.79 Å². The fourth-order valence-electron chi connectivity index (χ4n) is 1.91. The minimum absolute atomic E-state index is 0.0559. The Hall–Kier alpha value is -2.09. The van der Waals surface area contributed by atoms with Crippen LogP contribution in [0.1, 0.15) is 12.6 Å². The number of nitrogens with zero attached hydrogens (tertiary/aromatic N) is 1. The Kier molecular flexibility index (Phi) is 3.24. The molecule has 2 heteroatoms. The first-order valence-corrected chi connectivity index (χ1v) is 5.60. The SMILES string of the molecule is C=CCn1c(/C=C/C(C)=O)cc2ccccc21. The molecule has 0 aliphatic heterocycles. The van der Waals surface area contributed by atoms with Gasteiger partial charge in [0.15, 0.2) is 5.78 Å². The van der Waals surface area contributed by atoms with Crippen molar-refractivity contribution in [3.63, 3.8) is 0 Å². The monoisotopic (exact) mass is 225 g/mol. The maximum absolute atomic E-state index is 11.0. The minimum Gasteiger partial charge on any atom is -0.337 e. The van der Waals surface area contributed by atoms with E-state index in [0.29, 0.717) is 0 Å². The summed E-state index contributed by atoms with van der Waals surface area (Å²) < 4.78 is 2.14. The third kappa shape index (κ3) is 2.36. The zero-order chi connectivity index (χ0) is 12.3. The highest BCUT2D eigenvalue weighted by Gasteiger charge is 2.04. The van der Waals surface area contributed by atoms with Gasteiger partial charge >= 0.3 is 0 Å². The fourth-order valence-corrected chi connectivity index (χ4v) is 1.91. The van der Waals surface area contributed by atoms with Crippen molar-refractivity contribution in [2.45, 2.75) is 13.5 Å². The summed E-state index contributed by atoms with van der Waals surface area (Å²) in [6, 6.07) is 10.3. The van der Waals surface area contributed by atoms with Crippen molar-refractivity contribution in [3.8, 4) is 0 Å². The molecule has 1 aromatic heterocycles. The maximum Gasteiger partial charge on any atom is 0.152 e. The standard InChI is InChI=1S/C15H15NO/c1-3-10-16-14(9-8-12(2)17)11-13-6-4-5-7-15(13)16/h3-9,11H,1,10H2,2H3/b9-8+. The highest BCUT2D eigenvalue weighted by Crippen LogP contribution is 2.20. The Morgan fingerprint density at radius 2 is 2.18 bits per heavy atom. The third-order valence-electron chi connectivity index (χ3n) is 2.64. The average molecular weight is 225 g/mol. The summed E-state index contributed by atoms with van der Waals surface area (Å²) >= 11 is 0. The van der Waals surface area contributed by atoms with Gasteiger partial charge in [-0.2, -0.15) is 0 Å². The zero-order valence-electron chi connectivity index (χ0n) is 9.89. The number of benzene rings is 1. The predicted molar refractivity (Wildman–Crippen MR) is 71.9 cm³/mol. The number of ketones is 1. The molecule has 0 amide bonds. The van der Waals surface area contributed by atoms with Gasteiger partial charge in [-0.3, -0.25) is 4.79 Å². The van der Waals surface area contributed by atoms with Crippen LogP contribution in [0.3, 0.4) is 0 Å². The summed E-state index contributed by atoms with van der Waals surface area (Å²) in [7, 11) is 0. The maximum atomic E-state index is 11.0. The van der Waals surface area contributed by atoms with Crippen LogP contribution in [0, 0.1) is 0 Å². The first-order chi connectivity index (χ1) is 8.22. The Balaban J connectivity index is 2.56. The van der Waals surface area contributed by atoms with Gasteiger partial charge in [0.2, 0.25) is 0 Å². The summed E-state index contributed by atoms with van der Waals surface area (Å²) in [4.78, 5) is 11.0. The van der Waals surface area contributed by atoms with Gasteiger partial charge in [-0.25, -0.2) is 0 Å². The molecular weight excluding hydrogens is 210 g/mol. The second-order valence-corrected chi connectivity index (χ2v) is 3.97. The lowest BCUT2D eigenvalue weighted by Gasteiger charge is -2.04. The molecule has 1 aromatic carbocycles. The summed E-state index contributed by atoms with van der Waals surface area (Å²) in [5.41, 5.74) is 2.19. The van der Waals surface area contributed by atoms with Gasteiger partial charge in [0, 0.05) is 23.1 Å². The minimum atomic E-state index is 0.0559. The van der Waals surface area contributed by atoms with Crippen LogP contribution < -0.4 is 0 Å². The van der Waals surface area contributed by atoms with E-state index in [-0.39, 0.29) is 5.78 Å². The Labute approximate surface area is 101 Å². The third-order valence-corrected chi connectivity index (χ3v) is 2.64. The number of hydrogen-bond donors (Lipinski definition) is 0. The van der Waals surface area contributed by atoms with E-state index in [4.69, 9.17) is 0 Å². The summed E-state index contributed by atoms with van der Waals surface area (Å²) in [6.07, 6.45) is 5.30. The van der Waals surface area contributed by atoms with Crippen LogP contribution in [0.15, 0.2) is 49.1 Å². The predicted octanol–water partition coefficient (Wildman–Crippen LogP) is 3.43. The molecule has 2 rings (SSSR count). The highest BCUT2D eigenvalue weighted by atomic mass is 16.1. The van der Waals surface area contributed by atoms with Crippen LogP contribution in [0.25, 0.3) is 17.0 Å². The molecule has 0 atom stereocenters. The van der Waals surface area contributed by atoms with E-state index in [1.54, 1.807) is 13.0 Å². The normalized spacial score (nSPS) is 11.1. The molecule has 0 radical (unpaired) electrons. The smallest absolute Gasteiger partial charge is 0.152 e. The van der Waals surface area contributed by atoms with Gasteiger partial charge in [0.05, 0.1) is 0 Å². The first kappa shape index (κ1) is 11.4. The lowest BCUT2D eigenvalue weighted by atomic mass is 10.2. The molecule has 0 unspecified atom stereocenters. The van der Waals surface area contributed by atoms with Crippen molar-refractivity contribution in [1.82, 2.24) is 4.57 Å². The summed E-state index contributed by atoms with van der Waals surface area (Å²) in [5.74, 6) is 0.0559. The number of hydrogen-bond acceptors (Lipinski definition) is 1. The molecule has 0 aliphatic rings. The molecule has 17 heavy (non-hydrogen) atoms. The number of fused-ring (bicyclic) bond motifs is 1. The highest BCUT2D eigenvalue weighted by molar-refractivity contribution is 5.92. The van der Waals surface area contributed by atoms with Gasteiger partial charge in [-0.05, 0) is 31.2 Å². The van der Waals surface area contributed by atoms with Crippen LogP contribution in [-0.4, -0.2) is 10.4 Å². The number of rotatable bonds is 4. The summed E-state index contributed by atoms with van der Waals surface area (Å²) in [6.45, 7) is 6.06. The molecule has 2 aromatic rings. The van der Waals surface area contributed by atoms with Gasteiger partial charge in [-0.1, -0.05) is 24.3 Å². The largest absolute Gasteiger partial charge is 0.337 e. The molecule has 0 bridgehead atoms. The molecule has 86 valence electrons. The van der Waals surface area contributed by atoms with Gasteiger partial charge in [0.1, 0.15) is 0 Å². The van der Waals surface area contributed by atoms with Crippen LogP contribution >= 0.6 is 0 Å². The summed E-state index contributed by atoms with van der Waals surface area (Å²) in [5, 5.41) is 1.18. The number of carbonyl (C=O) groups is 1. The molecule has 0 fully saturated rings. The van der Waals surface area contributed by atoms with Crippen LogP contribution in [0.4, 0.5) is 0 Å². The fraction of sp³-hybridized carbons (Fsp3) is 0.133. The van der Waals surface area contributed by atoms with Crippen LogP contribution in [0.5, 0.6) is 0 Å². The number of aromatic nitrogens is 1.